The molecule has 1 aliphatic heterocycles. The second-order valence-electron chi connectivity index (χ2n) is 5.75. The Morgan fingerprint density at radius 2 is 2.10 bits per heavy atom. The standard InChI is InChI=1S/C16H23BrN2O/c1-12-3-4-14(17)11-15(12)16(20)18-8-5-13-6-9-19(2)10-7-13/h3-4,11,13H,5-10H2,1-2H3,(H,18,20). The molecule has 4 heteroatoms. The monoisotopic (exact) mass is 338 g/mol. The molecule has 110 valence electrons. The van der Waals surface area contributed by atoms with Gasteiger partial charge in [-0.1, -0.05) is 22.0 Å². The quantitative estimate of drug-likeness (QED) is 0.914. The molecule has 3 nitrogen and oxygen atoms in total. The predicted molar refractivity (Wildman–Crippen MR) is 86.1 cm³/mol. The van der Waals surface area contributed by atoms with E-state index in [2.05, 4.69) is 33.2 Å². The van der Waals surface area contributed by atoms with E-state index in [1.54, 1.807) is 0 Å². The molecule has 1 amide bonds. The normalized spacial score (nSPS) is 17.1. The molecule has 0 spiro atoms. The first-order valence-corrected chi connectivity index (χ1v) is 8.08. The van der Waals surface area contributed by atoms with Gasteiger partial charge in [-0.15, -0.1) is 0 Å². The second-order valence-corrected chi connectivity index (χ2v) is 6.67. The number of halogens is 1. The van der Waals surface area contributed by atoms with E-state index < -0.39 is 0 Å². The van der Waals surface area contributed by atoms with E-state index in [0.29, 0.717) is 0 Å². The fourth-order valence-electron chi connectivity index (χ4n) is 2.67. The molecular weight excluding hydrogens is 316 g/mol. The van der Waals surface area contributed by atoms with Crippen LogP contribution in [0.25, 0.3) is 0 Å². The third-order valence-corrected chi connectivity index (χ3v) is 4.61. The lowest BCUT2D eigenvalue weighted by atomic mass is 9.94. The molecule has 0 radical (unpaired) electrons. The van der Waals surface area contributed by atoms with E-state index in [1.807, 2.05) is 25.1 Å². The van der Waals surface area contributed by atoms with Gasteiger partial charge in [0.2, 0.25) is 0 Å². The SMILES string of the molecule is Cc1ccc(Br)cc1C(=O)NCCC1CCN(C)CC1. The number of likely N-dealkylation sites (tertiary alicyclic amines) is 1. The molecule has 2 rings (SSSR count). The lowest BCUT2D eigenvalue weighted by Gasteiger charge is -2.28. The number of piperidine rings is 1. The zero-order valence-electron chi connectivity index (χ0n) is 12.3. The number of nitrogens with one attached hydrogen (secondary N) is 1. The van der Waals surface area contributed by atoms with Crippen LogP contribution in [0, 0.1) is 12.8 Å². The molecule has 0 aromatic heterocycles. The highest BCUT2D eigenvalue weighted by Gasteiger charge is 2.17. The van der Waals surface area contributed by atoms with Crippen molar-refractivity contribution in [2.75, 3.05) is 26.7 Å². The van der Waals surface area contributed by atoms with Crippen LogP contribution in [-0.4, -0.2) is 37.5 Å². The van der Waals surface area contributed by atoms with E-state index in [1.165, 1.54) is 25.9 Å². The van der Waals surface area contributed by atoms with Gasteiger partial charge in [-0.2, -0.15) is 0 Å². The van der Waals surface area contributed by atoms with Gasteiger partial charge >= 0.3 is 0 Å². The van der Waals surface area contributed by atoms with Gasteiger partial charge in [0.05, 0.1) is 0 Å². The average Bonchev–Trinajstić information content (AvgIpc) is 2.43. The van der Waals surface area contributed by atoms with Crippen LogP contribution < -0.4 is 5.32 Å². The first kappa shape index (κ1) is 15.5. The van der Waals surface area contributed by atoms with Crippen LogP contribution in [0.4, 0.5) is 0 Å². The van der Waals surface area contributed by atoms with Gasteiger partial charge in [0.1, 0.15) is 0 Å². The molecular formula is C16H23BrN2O. The van der Waals surface area contributed by atoms with Gasteiger partial charge < -0.3 is 10.2 Å². The summed E-state index contributed by atoms with van der Waals surface area (Å²) in [7, 11) is 2.17. The molecule has 1 fully saturated rings. The summed E-state index contributed by atoms with van der Waals surface area (Å²) in [6.07, 6.45) is 3.59. The van der Waals surface area contributed by atoms with Crippen LogP contribution in [0.15, 0.2) is 22.7 Å². The first-order chi connectivity index (χ1) is 9.56. The first-order valence-electron chi connectivity index (χ1n) is 7.29. The van der Waals surface area contributed by atoms with Gasteiger partial charge in [-0.05, 0) is 69.9 Å². The number of hydrogen-bond acceptors (Lipinski definition) is 2. The molecule has 1 N–H and O–H groups in total. The van der Waals surface area contributed by atoms with Crippen LogP contribution in [0.2, 0.25) is 0 Å². The topological polar surface area (TPSA) is 32.3 Å². The Hall–Kier alpha value is -0.870. The molecule has 0 aliphatic carbocycles. The maximum atomic E-state index is 12.2. The van der Waals surface area contributed by atoms with Crippen molar-refractivity contribution in [3.05, 3.63) is 33.8 Å². The zero-order valence-corrected chi connectivity index (χ0v) is 13.9. The largest absolute Gasteiger partial charge is 0.352 e. The lowest BCUT2D eigenvalue weighted by Crippen LogP contribution is -2.32. The highest BCUT2D eigenvalue weighted by molar-refractivity contribution is 9.10. The predicted octanol–water partition coefficient (Wildman–Crippen LogP) is 3.22. The van der Waals surface area contributed by atoms with Gasteiger partial charge in [0, 0.05) is 16.6 Å². The van der Waals surface area contributed by atoms with Crippen molar-refractivity contribution in [1.29, 1.82) is 0 Å². The van der Waals surface area contributed by atoms with E-state index in [9.17, 15) is 4.79 Å². The molecule has 0 bridgehead atoms. The summed E-state index contributed by atoms with van der Waals surface area (Å²) in [5.74, 6) is 0.798. The van der Waals surface area contributed by atoms with Gasteiger partial charge in [-0.25, -0.2) is 0 Å². The van der Waals surface area contributed by atoms with Crippen molar-refractivity contribution < 1.29 is 4.79 Å². The summed E-state index contributed by atoms with van der Waals surface area (Å²) in [5, 5.41) is 3.05. The van der Waals surface area contributed by atoms with Crippen molar-refractivity contribution in [2.24, 2.45) is 5.92 Å². The van der Waals surface area contributed by atoms with Crippen molar-refractivity contribution in [3.63, 3.8) is 0 Å². The van der Waals surface area contributed by atoms with Crippen LogP contribution in [0.1, 0.15) is 35.2 Å². The number of rotatable bonds is 4. The molecule has 20 heavy (non-hydrogen) atoms. The van der Waals surface area contributed by atoms with Crippen LogP contribution >= 0.6 is 15.9 Å². The minimum Gasteiger partial charge on any atom is -0.352 e. The fourth-order valence-corrected chi connectivity index (χ4v) is 3.04. The lowest BCUT2D eigenvalue weighted by molar-refractivity contribution is 0.0948. The number of aryl methyl sites for hydroxylation is 1. The Bertz CT molecular complexity index is 468. The smallest absolute Gasteiger partial charge is 0.251 e. The maximum Gasteiger partial charge on any atom is 0.251 e. The minimum atomic E-state index is 0.0386. The van der Waals surface area contributed by atoms with Crippen LogP contribution in [0.5, 0.6) is 0 Å². The van der Waals surface area contributed by atoms with Crippen molar-refractivity contribution >= 4 is 21.8 Å². The summed E-state index contributed by atoms with van der Waals surface area (Å²) in [6, 6.07) is 5.82. The Kier molecular flexibility index (Phi) is 5.61. The van der Waals surface area contributed by atoms with Crippen LogP contribution in [-0.2, 0) is 0 Å². The summed E-state index contributed by atoms with van der Waals surface area (Å²) >= 11 is 3.42. The number of carbonyl (C=O) groups excluding carboxylic acids is 1. The molecule has 0 saturated carbocycles. The van der Waals surface area contributed by atoms with Gasteiger partial charge in [0.25, 0.3) is 5.91 Å². The zero-order chi connectivity index (χ0) is 14.5. The highest BCUT2D eigenvalue weighted by Crippen LogP contribution is 2.19. The summed E-state index contributed by atoms with van der Waals surface area (Å²) in [6.45, 7) is 5.12. The fraction of sp³-hybridized carbons (Fsp3) is 0.562. The Morgan fingerprint density at radius 3 is 2.80 bits per heavy atom. The third kappa shape index (κ3) is 4.32. The maximum absolute atomic E-state index is 12.2. The summed E-state index contributed by atoms with van der Waals surface area (Å²) < 4.78 is 0.948. The number of hydrogen-bond donors (Lipinski definition) is 1. The van der Waals surface area contributed by atoms with E-state index in [-0.39, 0.29) is 5.91 Å². The third-order valence-electron chi connectivity index (χ3n) is 4.12. The summed E-state index contributed by atoms with van der Waals surface area (Å²) in [4.78, 5) is 14.5. The Morgan fingerprint density at radius 1 is 1.40 bits per heavy atom. The van der Waals surface area contributed by atoms with Crippen molar-refractivity contribution in [1.82, 2.24) is 10.2 Å². The van der Waals surface area contributed by atoms with Crippen LogP contribution in [0.3, 0.4) is 0 Å². The molecule has 1 heterocycles. The summed E-state index contributed by atoms with van der Waals surface area (Å²) in [5.41, 5.74) is 1.78. The Labute approximate surface area is 129 Å². The molecule has 1 aromatic rings. The molecule has 1 aliphatic rings. The molecule has 0 atom stereocenters. The van der Waals surface area contributed by atoms with Crippen molar-refractivity contribution in [3.8, 4) is 0 Å². The highest BCUT2D eigenvalue weighted by atomic mass is 79.9. The van der Waals surface area contributed by atoms with E-state index in [0.717, 1.165) is 34.5 Å². The Balaban J connectivity index is 1.79. The van der Waals surface area contributed by atoms with E-state index >= 15 is 0 Å². The number of benzene rings is 1. The average molecular weight is 339 g/mol. The van der Waals surface area contributed by atoms with Gasteiger partial charge in [0.15, 0.2) is 0 Å². The van der Waals surface area contributed by atoms with Gasteiger partial charge in [-0.3, -0.25) is 4.79 Å². The molecule has 1 aromatic carbocycles. The molecule has 1 saturated heterocycles. The van der Waals surface area contributed by atoms with E-state index in [4.69, 9.17) is 0 Å². The second kappa shape index (κ2) is 7.23. The number of carbonyl (C=O) groups is 1. The van der Waals surface area contributed by atoms with Crippen molar-refractivity contribution in [2.45, 2.75) is 26.2 Å². The minimum absolute atomic E-state index is 0.0386. The number of amides is 1. The number of nitrogens with zero attached hydrogens (tertiary/aromatic N) is 1. The molecule has 0 unspecified atom stereocenters.